The zero-order valence-corrected chi connectivity index (χ0v) is 11.8. The van der Waals surface area contributed by atoms with Crippen LogP contribution in [0.25, 0.3) is 0 Å². The molecule has 0 amide bonds. The van der Waals surface area contributed by atoms with E-state index in [1.54, 1.807) is 24.3 Å². The van der Waals surface area contributed by atoms with Gasteiger partial charge in [-0.2, -0.15) is 0 Å². The SMILES string of the molecule is Cc1ccc(B(O)Oc2cc(C)ccc2B(O)O)c(O)c1. The number of phenolic OH excluding ortho intramolecular Hbond substituents is 1. The summed E-state index contributed by atoms with van der Waals surface area (Å²) >= 11 is 0. The molecule has 21 heavy (non-hydrogen) atoms. The molecule has 7 heteroatoms. The lowest BCUT2D eigenvalue weighted by Crippen LogP contribution is -2.40. The maximum absolute atomic E-state index is 10.1. The number of hydrogen-bond acceptors (Lipinski definition) is 5. The fourth-order valence-electron chi connectivity index (χ4n) is 2.00. The molecule has 0 bridgehead atoms. The maximum atomic E-state index is 10.1. The van der Waals surface area contributed by atoms with E-state index in [9.17, 15) is 20.2 Å². The average molecular weight is 286 g/mol. The molecule has 0 atom stereocenters. The lowest BCUT2D eigenvalue weighted by atomic mass is 9.76. The Labute approximate surface area is 123 Å². The van der Waals surface area contributed by atoms with Crippen LogP contribution in [0.1, 0.15) is 11.1 Å². The van der Waals surface area contributed by atoms with Crippen LogP contribution >= 0.6 is 0 Å². The van der Waals surface area contributed by atoms with Gasteiger partial charge in [-0.1, -0.05) is 24.3 Å². The molecule has 108 valence electrons. The molecule has 0 unspecified atom stereocenters. The van der Waals surface area contributed by atoms with Gasteiger partial charge >= 0.3 is 14.2 Å². The normalized spacial score (nSPS) is 10.3. The fraction of sp³-hybridized carbons (Fsp3) is 0.143. The fourth-order valence-corrected chi connectivity index (χ4v) is 2.00. The Balaban J connectivity index is 2.31. The van der Waals surface area contributed by atoms with Crippen LogP contribution in [0.15, 0.2) is 36.4 Å². The van der Waals surface area contributed by atoms with Crippen molar-refractivity contribution in [1.29, 1.82) is 0 Å². The Kier molecular flexibility index (Phi) is 4.57. The molecule has 0 aromatic heterocycles. The van der Waals surface area contributed by atoms with E-state index >= 15 is 0 Å². The largest absolute Gasteiger partial charge is 0.563 e. The number of hydrogen-bond donors (Lipinski definition) is 4. The highest BCUT2D eigenvalue weighted by Crippen LogP contribution is 2.14. The van der Waals surface area contributed by atoms with Gasteiger partial charge in [0.15, 0.2) is 0 Å². The minimum absolute atomic E-state index is 0.0822. The lowest BCUT2D eigenvalue weighted by Gasteiger charge is -2.15. The van der Waals surface area contributed by atoms with Crippen LogP contribution in [0.2, 0.25) is 0 Å². The minimum Gasteiger partial charge on any atom is -0.533 e. The predicted molar refractivity (Wildman–Crippen MR) is 82.1 cm³/mol. The van der Waals surface area contributed by atoms with Crippen molar-refractivity contribution in [3.8, 4) is 11.5 Å². The molecule has 0 aliphatic heterocycles. The van der Waals surface area contributed by atoms with E-state index in [0.29, 0.717) is 0 Å². The van der Waals surface area contributed by atoms with Crippen molar-refractivity contribution < 1.29 is 24.8 Å². The summed E-state index contributed by atoms with van der Waals surface area (Å²) in [5, 5.41) is 38.6. The minimum atomic E-state index is -1.71. The Morgan fingerprint density at radius 1 is 0.857 bits per heavy atom. The molecule has 2 aromatic carbocycles. The molecule has 0 saturated carbocycles. The second-order valence-corrected chi connectivity index (χ2v) is 4.95. The van der Waals surface area contributed by atoms with E-state index in [1.165, 1.54) is 12.1 Å². The van der Waals surface area contributed by atoms with E-state index in [-0.39, 0.29) is 22.4 Å². The molecule has 2 rings (SSSR count). The summed E-state index contributed by atoms with van der Waals surface area (Å²) in [6, 6.07) is 9.61. The number of rotatable bonds is 4. The van der Waals surface area contributed by atoms with Gasteiger partial charge in [-0.3, -0.25) is 0 Å². The van der Waals surface area contributed by atoms with Gasteiger partial charge in [-0.25, -0.2) is 0 Å². The number of aromatic hydroxyl groups is 1. The van der Waals surface area contributed by atoms with Crippen molar-refractivity contribution in [2.75, 3.05) is 0 Å². The molecule has 0 fully saturated rings. The first-order valence-corrected chi connectivity index (χ1v) is 6.49. The van der Waals surface area contributed by atoms with Crippen LogP contribution in [-0.4, -0.2) is 34.4 Å². The molecule has 5 nitrogen and oxygen atoms in total. The van der Waals surface area contributed by atoms with E-state index in [2.05, 4.69) is 0 Å². The quantitative estimate of drug-likeness (QED) is 0.566. The van der Waals surface area contributed by atoms with Crippen molar-refractivity contribution >= 4 is 25.2 Å². The Morgan fingerprint density at radius 3 is 2.00 bits per heavy atom. The summed E-state index contributed by atoms with van der Waals surface area (Å²) in [6.07, 6.45) is 0. The van der Waals surface area contributed by atoms with Crippen LogP contribution in [-0.2, 0) is 0 Å². The molecule has 0 aliphatic carbocycles. The first-order valence-electron chi connectivity index (χ1n) is 6.49. The summed E-state index contributed by atoms with van der Waals surface area (Å²) in [6.45, 7) is 3.63. The summed E-state index contributed by atoms with van der Waals surface area (Å²) in [5.41, 5.74) is 2.05. The summed E-state index contributed by atoms with van der Waals surface area (Å²) < 4.78 is 5.37. The van der Waals surface area contributed by atoms with Crippen molar-refractivity contribution in [1.82, 2.24) is 0 Å². The topological polar surface area (TPSA) is 90.2 Å². The second kappa shape index (κ2) is 6.22. The van der Waals surface area contributed by atoms with E-state index < -0.39 is 14.2 Å². The van der Waals surface area contributed by atoms with Crippen molar-refractivity contribution in [2.24, 2.45) is 0 Å². The van der Waals surface area contributed by atoms with Gasteiger partial charge in [0.1, 0.15) is 11.5 Å². The van der Waals surface area contributed by atoms with Crippen LogP contribution in [0.4, 0.5) is 0 Å². The Hall–Kier alpha value is -1.95. The predicted octanol–water partition coefficient (Wildman–Crippen LogP) is -0.545. The summed E-state index contributed by atoms with van der Waals surface area (Å²) in [5.74, 6) is 0.0683. The molecule has 0 spiro atoms. The molecular formula is C14H16B2O5. The highest BCUT2D eigenvalue weighted by molar-refractivity contribution is 6.63. The maximum Gasteiger partial charge on any atom is 0.563 e. The molecule has 0 heterocycles. The number of benzene rings is 2. The highest BCUT2D eigenvalue weighted by atomic mass is 16.5. The van der Waals surface area contributed by atoms with Crippen molar-refractivity contribution in [3.05, 3.63) is 47.5 Å². The van der Waals surface area contributed by atoms with Gasteiger partial charge in [-0.05, 0) is 37.1 Å². The van der Waals surface area contributed by atoms with Crippen LogP contribution in [0, 0.1) is 13.8 Å². The number of aryl methyl sites for hydroxylation is 2. The van der Waals surface area contributed by atoms with Gasteiger partial charge in [0.25, 0.3) is 0 Å². The van der Waals surface area contributed by atoms with E-state index in [4.69, 9.17) is 4.65 Å². The first-order chi connectivity index (χ1) is 9.88. The van der Waals surface area contributed by atoms with Gasteiger partial charge in [0.2, 0.25) is 0 Å². The molecule has 0 aliphatic rings. The summed E-state index contributed by atoms with van der Waals surface area (Å²) in [4.78, 5) is 0. The lowest BCUT2D eigenvalue weighted by molar-refractivity contribution is 0.414. The third kappa shape index (κ3) is 3.58. The zero-order chi connectivity index (χ0) is 15.6. The van der Waals surface area contributed by atoms with Gasteiger partial charge in [0, 0.05) is 10.9 Å². The van der Waals surface area contributed by atoms with Gasteiger partial charge < -0.3 is 24.8 Å². The zero-order valence-electron chi connectivity index (χ0n) is 11.8. The summed E-state index contributed by atoms with van der Waals surface area (Å²) in [7, 11) is -3.12. The standard InChI is InChI=1S/C14H16B2O5/c1-9-3-5-11(13(17)7-9)16(20)21-14-8-10(2)4-6-12(14)15(18)19/h3-8,17-20H,1-2H3. The molecule has 0 radical (unpaired) electrons. The van der Waals surface area contributed by atoms with Crippen LogP contribution in [0.5, 0.6) is 11.5 Å². The molecule has 2 aromatic rings. The Morgan fingerprint density at radius 2 is 1.43 bits per heavy atom. The highest BCUT2D eigenvalue weighted by Gasteiger charge is 2.26. The molecule has 4 N–H and O–H groups in total. The monoisotopic (exact) mass is 286 g/mol. The van der Waals surface area contributed by atoms with Crippen LogP contribution < -0.4 is 15.6 Å². The average Bonchev–Trinajstić information content (AvgIpc) is 2.37. The van der Waals surface area contributed by atoms with Crippen molar-refractivity contribution in [3.63, 3.8) is 0 Å². The second-order valence-electron chi connectivity index (χ2n) is 4.95. The van der Waals surface area contributed by atoms with Gasteiger partial charge in [-0.15, -0.1) is 0 Å². The van der Waals surface area contributed by atoms with E-state index in [1.807, 2.05) is 13.8 Å². The third-order valence-electron chi connectivity index (χ3n) is 3.14. The van der Waals surface area contributed by atoms with Crippen LogP contribution in [0.3, 0.4) is 0 Å². The third-order valence-corrected chi connectivity index (χ3v) is 3.14. The first kappa shape index (κ1) is 15.4. The molecular weight excluding hydrogens is 270 g/mol. The molecule has 0 saturated heterocycles. The van der Waals surface area contributed by atoms with E-state index in [0.717, 1.165) is 11.1 Å². The number of phenols is 1. The van der Waals surface area contributed by atoms with Crippen molar-refractivity contribution in [2.45, 2.75) is 13.8 Å². The smallest absolute Gasteiger partial charge is 0.533 e. The Bertz CT molecular complexity index is 645. The van der Waals surface area contributed by atoms with Gasteiger partial charge in [0.05, 0.1) is 0 Å².